The number of ether oxygens (including phenoxy) is 1. The van der Waals surface area contributed by atoms with Gasteiger partial charge in [0.15, 0.2) is 29.8 Å². The van der Waals surface area contributed by atoms with Gasteiger partial charge in [0.1, 0.15) is 0 Å². The SMILES string of the molecule is CN1CCN(C(=O)COc2ccc(Br)cc2F)c2nc3ccccc3nc21. The lowest BCUT2D eigenvalue weighted by Gasteiger charge is -2.33. The molecule has 27 heavy (non-hydrogen) atoms. The molecule has 0 aliphatic carbocycles. The summed E-state index contributed by atoms with van der Waals surface area (Å²) < 4.78 is 19.9. The number of para-hydroxylation sites is 2. The molecule has 8 heteroatoms. The number of likely N-dealkylation sites (N-methyl/N-ethyl adjacent to an activating group) is 1. The Morgan fingerprint density at radius 3 is 2.56 bits per heavy atom. The van der Waals surface area contributed by atoms with E-state index >= 15 is 0 Å². The molecule has 6 nitrogen and oxygen atoms in total. The highest BCUT2D eigenvalue weighted by molar-refractivity contribution is 9.10. The fraction of sp³-hybridized carbons (Fsp3) is 0.211. The van der Waals surface area contributed by atoms with Gasteiger partial charge in [-0.25, -0.2) is 14.4 Å². The zero-order valence-corrected chi connectivity index (χ0v) is 16.1. The molecule has 138 valence electrons. The van der Waals surface area contributed by atoms with Crippen LogP contribution in [0.1, 0.15) is 0 Å². The molecule has 0 unspecified atom stereocenters. The summed E-state index contributed by atoms with van der Waals surface area (Å²) in [4.78, 5) is 25.5. The topological polar surface area (TPSA) is 58.6 Å². The Balaban J connectivity index is 1.60. The molecule has 1 aliphatic heterocycles. The lowest BCUT2D eigenvalue weighted by molar-refractivity contribution is -0.120. The fourth-order valence-electron chi connectivity index (χ4n) is 2.93. The fourth-order valence-corrected chi connectivity index (χ4v) is 3.27. The van der Waals surface area contributed by atoms with Gasteiger partial charge in [0.05, 0.1) is 11.0 Å². The highest BCUT2D eigenvalue weighted by atomic mass is 79.9. The molecule has 1 aromatic heterocycles. The van der Waals surface area contributed by atoms with Gasteiger partial charge < -0.3 is 9.64 Å². The van der Waals surface area contributed by atoms with Gasteiger partial charge in [-0.15, -0.1) is 0 Å². The summed E-state index contributed by atoms with van der Waals surface area (Å²) in [5, 5.41) is 0. The predicted molar refractivity (Wildman–Crippen MR) is 105 cm³/mol. The molecule has 0 spiro atoms. The number of amides is 1. The molecule has 2 heterocycles. The number of halogens is 2. The quantitative estimate of drug-likeness (QED) is 0.637. The summed E-state index contributed by atoms with van der Waals surface area (Å²) in [6.45, 7) is 0.802. The Labute approximate surface area is 163 Å². The molecule has 1 aliphatic rings. The van der Waals surface area contributed by atoms with Gasteiger partial charge in [0, 0.05) is 24.6 Å². The monoisotopic (exact) mass is 430 g/mol. The van der Waals surface area contributed by atoms with Gasteiger partial charge in [0.25, 0.3) is 5.91 Å². The van der Waals surface area contributed by atoms with Crippen molar-refractivity contribution in [1.29, 1.82) is 0 Å². The van der Waals surface area contributed by atoms with Crippen LogP contribution < -0.4 is 14.5 Å². The van der Waals surface area contributed by atoms with Gasteiger partial charge in [-0.2, -0.15) is 0 Å². The molecule has 0 fully saturated rings. The van der Waals surface area contributed by atoms with Gasteiger partial charge >= 0.3 is 0 Å². The smallest absolute Gasteiger partial charge is 0.266 e. The molecule has 0 bridgehead atoms. The Morgan fingerprint density at radius 1 is 1.15 bits per heavy atom. The lowest BCUT2D eigenvalue weighted by atomic mass is 10.2. The van der Waals surface area contributed by atoms with Crippen molar-refractivity contribution in [2.75, 3.05) is 36.5 Å². The largest absolute Gasteiger partial charge is 0.481 e. The molecule has 0 atom stereocenters. The van der Waals surface area contributed by atoms with Crippen molar-refractivity contribution in [1.82, 2.24) is 9.97 Å². The normalized spacial score (nSPS) is 13.6. The van der Waals surface area contributed by atoms with Crippen LogP contribution in [-0.4, -0.2) is 42.6 Å². The van der Waals surface area contributed by atoms with Crippen molar-refractivity contribution in [3.05, 3.63) is 52.8 Å². The average Bonchev–Trinajstić information content (AvgIpc) is 2.66. The summed E-state index contributed by atoms with van der Waals surface area (Å²) >= 11 is 3.19. The van der Waals surface area contributed by atoms with E-state index in [9.17, 15) is 9.18 Å². The number of carbonyl (C=O) groups excluding carboxylic acids is 1. The molecule has 2 aromatic carbocycles. The van der Waals surface area contributed by atoms with E-state index in [1.807, 2.05) is 36.2 Å². The van der Waals surface area contributed by atoms with Crippen LogP contribution in [0.3, 0.4) is 0 Å². The molecule has 1 amide bonds. The second kappa shape index (κ2) is 7.11. The molecule has 0 saturated heterocycles. The van der Waals surface area contributed by atoms with E-state index < -0.39 is 5.82 Å². The van der Waals surface area contributed by atoms with Crippen LogP contribution in [0.15, 0.2) is 46.9 Å². The third-order valence-corrected chi connectivity index (χ3v) is 4.85. The molecule has 0 radical (unpaired) electrons. The number of hydrogen-bond acceptors (Lipinski definition) is 5. The first kappa shape index (κ1) is 17.7. The van der Waals surface area contributed by atoms with Crippen molar-refractivity contribution in [2.24, 2.45) is 0 Å². The maximum absolute atomic E-state index is 13.9. The number of anilines is 2. The van der Waals surface area contributed by atoms with Crippen molar-refractivity contribution < 1.29 is 13.9 Å². The van der Waals surface area contributed by atoms with Crippen LogP contribution in [0.2, 0.25) is 0 Å². The lowest BCUT2D eigenvalue weighted by Crippen LogP contribution is -2.45. The highest BCUT2D eigenvalue weighted by Gasteiger charge is 2.28. The van der Waals surface area contributed by atoms with E-state index in [4.69, 9.17) is 4.74 Å². The standard InChI is InChI=1S/C19H16BrFN4O2/c1-24-8-9-25(17(26)11-27-16-7-6-12(20)10-13(16)21)19-18(24)22-14-4-2-3-5-15(14)23-19/h2-7,10H,8-9,11H2,1H3. The van der Waals surface area contributed by atoms with Crippen LogP contribution in [0.5, 0.6) is 5.75 Å². The van der Waals surface area contributed by atoms with Gasteiger partial charge in [-0.3, -0.25) is 9.69 Å². The van der Waals surface area contributed by atoms with Gasteiger partial charge in [-0.1, -0.05) is 28.1 Å². The number of nitrogens with zero attached hydrogens (tertiary/aromatic N) is 4. The minimum Gasteiger partial charge on any atom is -0.481 e. The zero-order valence-electron chi connectivity index (χ0n) is 14.5. The summed E-state index contributed by atoms with van der Waals surface area (Å²) in [5.74, 6) is 0.346. The van der Waals surface area contributed by atoms with E-state index in [-0.39, 0.29) is 18.3 Å². The Hall–Kier alpha value is -2.74. The number of rotatable bonds is 3. The Kier molecular flexibility index (Phi) is 4.65. The van der Waals surface area contributed by atoms with Crippen LogP contribution in [0, 0.1) is 5.82 Å². The molecular formula is C19H16BrFN4O2. The maximum Gasteiger partial charge on any atom is 0.266 e. The first-order valence-electron chi connectivity index (χ1n) is 8.39. The highest BCUT2D eigenvalue weighted by Crippen LogP contribution is 2.30. The molecular weight excluding hydrogens is 415 g/mol. The number of fused-ring (bicyclic) bond motifs is 2. The van der Waals surface area contributed by atoms with Crippen LogP contribution in [-0.2, 0) is 4.79 Å². The van der Waals surface area contributed by atoms with E-state index in [1.54, 1.807) is 11.0 Å². The van der Waals surface area contributed by atoms with Crippen LogP contribution in [0.25, 0.3) is 11.0 Å². The molecule has 3 aromatic rings. The summed E-state index contributed by atoms with van der Waals surface area (Å²) in [6, 6.07) is 12.0. The second-order valence-corrected chi connectivity index (χ2v) is 7.11. The minimum atomic E-state index is -0.526. The number of hydrogen-bond donors (Lipinski definition) is 0. The maximum atomic E-state index is 13.9. The molecule has 4 rings (SSSR count). The molecule has 0 saturated carbocycles. The van der Waals surface area contributed by atoms with Crippen molar-refractivity contribution in [3.63, 3.8) is 0 Å². The number of aromatic nitrogens is 2. The summed E-state index contributed by atoms with van der Waals surface area (Å²) in [5.41, 5.74) is 1.48. The van der Waals surface area contributed by atoms with E-state index in [1.165, 1.54) is 12.1 Å². The van der Waals surface area contributed by atoms with Crippen LogP contribution in [0.4, 0.5) is 16.0 Å². The van der Waals surface area contributed by atoms with Gasteiger partial charge in [0.2, 0.25) is 0 Å². The first-order valence-corrected chi connectivity index (χ1v) is 9.18. The van der Waals surface area contributed by atoms with Crippen molar-refractivity contribution in [3.8, 4) is 5.75 Å². The summed E-state index contributed by atoms with van der Waals surface area (Å²) in [6.07, 6.45) is 0. The second-order valence-electron chi connectivity index (χ2n) is 6.19. The summed E-state index contributed by atoms with van der Waals surface area (Å²) in [7, 11) is 1.91. The Bertz CT molecular complexity index is 1030. The van der Waals surface area contributed by atoms with E-state index in [0.717, 1.165) is 5.52 Å². The first-order chi connectivity index (χ1) is 13.0. The average molecular weight is 431 g/mol. The number of carbonyl (C=O) groups is 1. The van der Waals surface area contributed by atoms with Gasteiger partial charge in [-0.05, 0) is 30.3 Å². The van der Waals surface area contributed by atoms with Crippen LogP contribution >= 0.6 is 15.9 Å². The predicted octanol–water partition coefficient (Wildman–Crippen LogP) is 3.39. The minimum absolute atomic E-state index is 0.0329. The van der Waals surface area contributed by atoms with Crippen molar-refractivity contribution in [2.45, 2.75) is 0 Å². The van der Waals surface area contributed by atoms with E-state index in [2.05, 4.69) is 25.9 Å². The Morgan fingerprint density at radius 2 is 1.85 bits per heavy atom. The zero-order chi connectivity index (χ0) is 19.0. The molecule has 0 N–H and O–H groups in total. The number of benzene rings is 2. The van der Waals surface area contributed by atoms with E-state index in [0.29, 0.717) is 34.7 Å². The third-order valence-electron chi connectivity index (χ3n) is 4.36. The van der Waals surface area contributed by atoms with Crippen molar-refractivity contribution >= 4 is 44.5 Å². The third kappa shape index (κ3) is 3.44.